The minimum Gasteiger partial charge on any atom is -0.389 e. The zero-order valence-electron chi connectivity index (χ0n) is 10.8. The molecule has 1 saturated heterocycles. The first-order valence-electron chi connectivity index (χ1n) is 6.23. The predicted molar refractivity (Wildman–Crippen MR) is 69.3 cm³/mol. The first-order valence-corrected chi connectivity index (χ1v) is 6.23. The molecule has 0 bridgehead atoms. The highest BCUT2D eigenvalue weighted by Crippen LogP contribution is 2.24. The lowest BCUT2D eigenvalue weighted by Crippen LogP contribution is -2.48. The van der Waals surface area contributed by atoms with Crippen molar-refractivity contribution in [1.82, 2.24) is 9.88 Å². The lowest BCUT2D eigenvalue weighted by Gasteiger charge is -2.36. The normalized spacial score (nSPS) is 17.7. The zero-order chi connectivity index (χ0) is 13.1. The number of carbonyl (C=O) groups is 1. The summed E-state index contributed by atoms with van der Waals surface area (Å²) in [5.41, 5.74) is 0.841. The summed E-state index contributed by atoms with van der Waals surface area (Å²) in [4.78, 5) is 19.6. The van der Waals surface area contributed by atoms with E-state index in [0.29, 0.717) is 13.1 Å². The molecular weight excluding hydrogens is 230 g/mol. The first-order chi connectivity index (χ1) is 8.59. The van der Waals surface area contributed by atoms with E-state index < -0.39 is 6.10 Å². The van der Waals surface area contributed by atoms with Crippen LogP contribution in [0.2, 0.25) is 0 Å². The molecule has 0 aromatic carbocycles. The maximum Gasteiger partial charge on any atom is 0.219 e. The highest BCUT2D eigenvalue weighted by Gasteiger charge is 2.22. The van der Waals surface area contributed by atoms with Gasteiger partial charge >= 0.3 is 0 Å². The van der Waals surface area contributed by atoms with Crippen LogP contribution in [0, 0.1) is 0 Å². The van der Waals surface area contributed by atoms with Crippen LogP contribution in [0.3, 0.4) is 0 Å². The Morgan fingerprint density at radius 3 is 2.61 bits per heavy atom. The van der Waals surface area contributed by atoms with Crippen LogP contribution in [-0.4, -0.2) is 47.1 Å². The second-order valence-corrected chi connectivity index (χ2v) is 4.59. The molecule has 1 atom stereocenters. The average molecular weight is 249 g/mol. The summed E-state index contributed by atoms with van der Waals surface area (Å²) < 4.78 is 0. The van der Waals surface area contributed by atoms with Gasteiger partial charge in [0.1, 0.15) is 5.82 Å². The molecule has 18 heavy (non-hydrogen) atoms. The van der Waals surface area contributed by atoms with Crippen molar-refractivity contribution in [1.29, 1.82) is 0 Å². The molecular formula is C13H19N3O2. The highest BCUT2D eigenvalue weighted by molar-refractivity contribution is 5.73. The summed E-state index contributed by atoms with van der Waals surface area (Å²) in [6, 6.07) is 3.72. The summed E-state index contributed by atoms with van der Waals surface area (Å²) >= 11 is 0. The number of hydrogen-bond acceptors (Lipinski definition) is 4. The smallest absolute Gasteiger partial charge is 0.219 e. The van der Waals surface area contributed by atoms with Crippen molar-refractivity contribution in [2.24, 2.45) is 0 Å². The highest BCUT2D eigenvalue weighted by atomic mass is 16.3. The van der Waals surface area contributed by atoms with Gasteiger partial charge in [-0.3, -0.25) is 4.79 Å². The molecule has 0 spiro atoms. The third-order valence-electron chi connectivity index (χ3n) is 3.29. The molecule has 1 unspecified atom stereocenters. The molecule has 1 fully saturated rings. The Morgan fingerprint density at radius 1 is 1.39 bits per heavy atom. The van der Waals surface area contributed by atoms with Crippen molar-refractivity contribution < 1.29 is 9.90 Å². The predicted octanol–water partition coefficient (Wildman–Crippen LogP) is 0.803. The van der Waals surface area contributed by atoms with Crippen molar-refractivity contribution in [3.8, 4) is 0 Å². The SMILES string of the molecule is CC(=O)N1CCN(c2ncccc2C(C)O)CC1. The second kappa shape index (κ2) is 5.35. The van der Waals surface area contributed by atoms with Crippen molar-refractivity contribution in [3.05, 3.63) is 23.9 Å². The first kappa shape index (κ1) is 12.8. The topological polar surface area (TPSA) is 56.7 Å². The Bertz CT molecular complexity index is 426. The van der Waals surface area contributed by atoms with Gasteiger partial charge < -0.3 is 14.9 Å². The molecule has 1 aliphatic heterocycles. The summed E-state index contributed by atoms with van der Waals surface area (Å²) in [7, 11) is 0. The Morgan fingerprint density at radius 2 is 2.06 bits per heavy atom. The maximum absolute atomic E-state index is 11.3. The van der Waals surface area contributed by atoms with Crippen LogP contribution >= 0.6 is 0 Å². The number of nitrogens with zero attached hydrogens (tertiary/aromatic N) is 3. The largest absolute Gasteiger partial charge is 0.389 e. The Kier molecular flexibility index (Phi) is 3.81. The summed E-state index contributed by atoms with van der Waals surface area (Å²) in [6.45, 7) is 6.28. The second-order valence-electron chi connectivity index (χ2n) is 4.59. The van der Waals surface area contributed by atoms with Gasteiger partial charge in [0, 0.05) is 44.9 Å². The molecule has 5 nitrogen and oxygen atoms in total. The number of anilines is 1. The molecule has 1 aromatic heterocycles. The third-order valence-corrected chi connectivity index (χ3v) is 3.29. The molecule has 1 aliphatic rings. The third kappa shape index (κ3) is 2.61. The van der Waals surface area contributed by atoms with Crippen molar-refractivity contribution in [2.45, 2.75) is 20.0 Å². The molecule has 1 aromatic rings. The minimum absolute atomic E-state index is 0.117. The van der Waals surface area contributed by atoms with Crippen LogP contribution in [-0.2, 0) is 4.79 Å². The summed E-state index contributed by atoms with van der Waals surface area (Å²) in [5, 5.41) is 9.74. The van der Waals surface area contributed by atoms with Crippen LogP contribution < -0.4 is 4.90 Å². The quantitative estimate of drug-likeness (QED) is 0.842. The van der Waals surface area contributed by atoms with Gasteiger partial charge in [-0.15, -0.1) is 0 Å². The van der Waals surface area contributed by atoms with Crippen LogP contribution in [0.15, 0.2) is 18.3 Å². The van der Waals surface area contributed by atoms with Gasteiger partial charge in [0.15, 0.2) is 0 Å². The number of hydrogen-bond donors (Lipinski definition) is 1. The Labute approximate surface area is 107 Å². The molecule has 98 valence electrons. The molecule has 2 rings (SSSR count). The van der Waals surface area contributed by atoms with Crippen molar-refractivity contribution >= 4 is 11.7 Å². The van der Waals surface area contributed by atoms with Gasteiger partial charge in [0.05, 0.1) is 6.10 Å². The molecule has 1 amide bonds. The number of aliphatic hydroxyl groups excluding tert-OH is 1. The van der Waals surface area contributed by atoms with E-state index in [1.165, 1.54) is 0 Å². The fourth-order valence-corrected chi connectivity index (χ4v) is 2.23. The van der Waals surface area contributed by atoms with Gasteiger partial charge in [0.25, 0.3) is 0 Å². The molecule has 0 saturated carbocycles. The van der Waals surface area contributed by atoms with Gasteiger partial charge in [-0.05, 0) is 13.0 Å². The van der Waals surface area contributed by atoms with Crippen molar-refractivity contribution in [2.75, 3.05) is 31.1 Å². The monoisotopic (exact) mass is 249 g/mol. The van der Waals surface area contributed by atoms with E-state index in [0.717, 1.165) is 24.5 Å². The average Bonchev–Trinajstić information content (AvgIpc) is 2.39. The molecule has 5 heteroatoms. The minimum atomic E-state index is -0.528. The fraction of sp³-hybridized carbons (Fsp3) is 0.538. The van der Waals surface area contributed by atoms with Gasteiger partial charge in [-0.2, -0.15) is 0 Å². The molecule has 1 N–H and O–H groups in total. The van der Waals surface area contributed by atoms with E-state index in [1.807, 2.05) is 17.0 Å². The van der Waals surface area contributed by atoms with Crippen LogP contribution in [0.4, 0.5) is 5.82 Å². The number of carbonyl (C=O) groups excluding carboxylic acids is 1. The molecule has 0 aliphatic carbocycles. The zero-order valence-corrected chi connectivity index (χ0v) is 10.8. The van der Waals surface area contributed by atoms with E-state index in [9.17, 15) is 9.90 Å². The van der Waals surface area contributed by atoms with E-state index >= 15 is 0 Å². The fourth-order valence-electron chi connectivity index (χ4n) is 2.23. The van der Waals surface area contributed by atoms with E-state index in [1.54, 1.807) is 20.0 Å². The van der Waals surface area contributed by atoms with Gasteiger partial charge in [-0.1, -0.05) is 6.07 Å². The number of rotatable bonds is 2. The Hall–Kier alpha value is -1.62. The summed E-state index contributed by atoms with van der Waals surface area (Å²) in [5.74, 6) is 0.946. The number of pyridine rings is 1. The number of piperazine rings is 1. The van der Waals surface area contributed by atoms with Crippen molar-refractivity contribution in [3.63, 3.8) is 0 Å². The van der Waals surface area contributed by atoms with Gasteiger partial charge in [0.2, 0.25) is 5.91 Å². The number of amides is 1. The van der Waals surface area contributed by atoms with E-state index in [2.05, 4.69) is 9.88 Å². The lowest BCUT2D eigenvalue weighted by molar-refractivity contribution is -0.129. The van der Waals surface area contributed by atoms with E-state index in [4.69, 9.17) is 0 Å². The van der Waals surface area contributed by atoms with Crippen LogP contribution in [0.5, 0.6) is 0 Å². The lowest BCUT2D eigenvalue weighted by atomic mass is 10.1. The maximum atomic E-state index is 11.3. The number of aliphatic hydroxyl groups is 1. The van der Waals surface area contributed by atoms with E-state index in [-0.39, 0.29) is 5.91 Å². The molecule has 2 heterocycles. The standard InChI is InChI=1S/C13H19N3O2/c1-10(17)12-4-3-5-14-13(12)16-8-6-15(7-9-16)11(2)18/h3-5,10,17H,6-9H2,1-2H3. The van der Waals surface area contributed by atoms with Crippen LogP contribution in [0.1, 0.15) is 25.5 Å². The molecule has 0 radical (unpaired) electrons. The summed E-state index contributed by atoms with van der Waals surface area (Å²) in [6.07, 6.45) is 1.21. The van der Waals surface area contributed by atoms with Crippen LogP contribution in [0.25, 0.3) is 0 Å². The number of aromatic nitrogens is 1. The van der Waals surface area contributed by atoms with Gasteiger partial charge in [-0.25, -0.2) is 4.98 Å². The Balaban J connectivity index is 2.12.